The molecule has 0 amide bonds. The van der Waals surface area contributed by atoms with Crippen molar-refractivity contribution in [2.75, 3.05) is 41.7 Å². The largest absolute Gasteiger partial charge is 0.496 e. The van der Waals surface area contributed by atoms with Crippen LogP contribution in [0, 0.1) is 11.8 Å². The molecule has 0 saturated heterocycles. The van der Waals surface area contributed by atoms with E-state index in [2.05, 4.69) is 11.8 Å². The Morgan fingerprint density at radius 3 is 1.15 bits per heavy atom. The van der Waals surface area contributed by atoms with Gasteiger partial charge < -0.3 is 37.9 Å². The molecule has 10 heteroatoms. The SMILES string of the molecule is CCOc1cc(OC)c(C(=O)Oc2ccc(C#Cc3ccc(OC(=O)c4cc(OC)c(OCC)cc4OC)cc3)cc2)cc1OC. The second-order valence-electron chi connectivity index (χ2n) is 9.35. The summed E-state index contributed by atoms with van der Waals surface area (Å²) < 4.78 is 43.6. The molecule has 0 fully saturated rings. The van der Waals surface area contributed by atoms with Gasteiger partial charge in [0.15, 0.2) is 23.0 Å². The third kappa shape index (κ3) is 8.01. The highest BCUT2D eigenvalue weighted by Crippen LogP contribution is 2.36. The number of esters is 2. The van der Waals surface area contributed by atoms with Crippen LogP contribution in [0.15, 0.2) is 72.8 Å². The number of hydrogen-bond acceptors (Lipinski definition) is 10. The number of methoxy groups -OCH3 is 4. The smallest absolute Gasteiger partial charge is 0.347 e. The summed E-state index contributed by atoms with van der Waals surface area (Å²) >= 11 is 0. The van der Waals surface area contributed by atoms with E-state index in [0.717, 1.165) is 0 Å². The first-order valence-corrected chi connectivity index (χ1v) is 14.3. The first-order valence-electron chi connectivity index (χ1n) is 14.3. The van der Waals surface area contributed by atoms with E-state index in [9.17, 15) is 9.59 Å². The monoisotopic (exact) mass is 626 g/mol. The molecule has 10 nitrogen and oxygen atoms in total. The summed E-state index contributed by atoms with van der Waals surface area (Å²) in [7, 11) is 5.89. The van der Waals surface area contributed by atoms with Crippen LogP contribution in [0.1, 0.15) is 45.7 Å². The van der Waals surface area contributed by atoms with Gasteiger partial charge in [0.25, 0.3) is 0 Å². The van der Waals surface area contributed by atoms with Crippen molar-refractivity contribution < 1.29 is 47.5 Å². The second kappa shape index (κ2) is 15.8. The molecule has 4 aromatic carbocycles. The van der Waals surface area contributed by atoms with E-state index in [1.807, 2.05) is 13.8 Å². The zero-order chi connectivity index (χ0) is 33.1. The number of carbonyl (C=O) groups excluding carboxylic acids is 2. The molecule has 46 heavy (non-hydrogen) atoms. The molecule has 0 unspecified atom stereocenters. The Bertz CT molecular complexity index is 1610. The van der Waals surface area contributed by atoms with Crippen molar-refractivity contribution in [2.45, 2.75) is 13.8 Å². The van der Waals surface area contributed by atoms with E-state index in [4.69, 9.17) is 37.9 Å². The van der Waals surface area contributed by atoms with Gasteiger partial charge in [-0.15, -0.1) is 0 Å². The average molecular weight is 627 g/mol. The molecular formula is C36H34O10. The topological polar surface area (TPSA) is 108 Å². The van der Waals surface area contributed by atoms with Crippen LogP contribution < -0.4 is 37.9 Å². The molecule has 0 aliphatic rings. The van der Waals surface area contributed by atoms with Crippen molar-refractivity contribution in [1.29, 1.82) is 0 Å². The second-order valence-corrected chi connectivity index (χ2v) is 9.35. The molecule has 4 rings (SSSR count). The van der Waals surface area contributed by atoms with Crippen LogP contribution in [0.5, 0.6) is 46.0 Å². The van der Waals surface area contributed by atoms with Gasteiger partial charge in [0.1, 0.15) is 34.1 Å². The highest BCUT2D eigenvalue weighted by atomic mass is 16.5. The fraction of sp³-hybridized carbons (Fsp3) is 0.222. The lowest BCUT2D eigenvalue weighted by atomic mass is 10.1. The van der Waals surface area contributed by atoms with Crippen molar-refractivity contribution in [2.24, 2.45) is 0 Å². The molecule has 4 aromatic rings. The summed E-state index contributed by atoms with van der Waals surface area (Å²) in [5.74, 6) is 7.86. The predicted octanol–water partition coefficient (Wildman–Crippen LogP) is 6.36. The Morgan fingerprint density at radius 2 is 0.848 bits per heavy atom. The van der Waals surface area contributed by atoms with Gasteiger partial charge in [-0.3, -0.25) is 0 Å². The van der Waals surface area contributed by atoms with Crippen LogP contribution in [0.4, 0.5) is 0 Å². The maximum Gasteiger partial charge on any atom is 0.347 e. The highest BCUT2D eigenvalue weighted by Gasteiger charge is 2.21. The molecule has 0 atom stereocenters. The van der Waals surface area contributed by atoms with Crippen molar-refractivity contribution >= 4 is 11.9 Å². The molecule has 0 aromatic heterocycles. The first kappa shape index (κ1) is 33.1. The van der Waals surface area contributed by atoms with Gasteiger partial charge in [-0.1, -0.05) is 11.8 Å². The Balaban J connectivity index is 1.41. The van der Waals surface area contributed by atoms with E-state index < -0.39 is 11.9 Å². The van der Waals surface area contributed by atoms with E-state index in [1.165, 1.54) is 40.6 Å². The molecule has 0 N–H and O–H groups in total. The standard InChI is InChI=1S/C36H34O10/c1-7-43-33-21-29(39-3)27(19-31(33)41-5)35(37)45-25-15-11-23(12-16-25)9-10-24-13-17-26(18-14-24)46-36(38)28-20-32(42-6)34(44-8-2)22-30(28)40-4/h11-22H,7-8H2,1-6H3. The van der Waals surface area contributed by atoms with Gasteiger partial charge in [-0.05, 0) is 62.4 Å². The third-order valence-electron chi connectivity index (χ3n) is 6.49. The van der Waals surface area contributed by atoms with Crippen molar-refractivity contribution in [1.82, 2.24) is 0 Å². The van der Waals surface area contributed by atoms with Crippen LogP contribution in [0.2, 0.25) is 0 Å². The Morgan fingerprint density at radius 1 is 0.500 bits per heavy atom. The summed E-state index contributed by atoms with van der Waals surface area (Å²) in [6.07, 6.45) is 0. The van der Waals surface area contributed by atoms with E-state index >= 15 is 0 Å². The van der Waals surface area contributed by atoms with Gasteiger partial charge in [0.05, 0.1) is 41.7 Å². The molecule has 0 heterocycles. The van der Waals surface area contributed by atoms with Crippen LogP contribution >= 0.6 is 0 Å². The minimum Gasteiger partial charge on any atom is -0.496 e. The van der Waals surface area contributed by atoms with Gasteiger partial charge in [-0.2, -0.15) is 0 Å². The fourth-order valence-electron chi connectivity index (χ4n) is 4.28. The summed E-state index contributed by atoms with van der Waals surface area (Å²) in [6.45, 7) is 4.55. The molecule has 0 spiro atoms. The number of benzene rings is 4. The Hall–Kier alpha value is -5.82. The van der Waals surface area contributed by atoms with Crippen molar-refractivity contribution in [3.05, 3.63) is 95.1 Å². The lowest BCUT2D eigenvalue weighted by molar-refractivity contribution is 0.0721. The number of rotatable bonds is 12. The summed E-state index contributed by atoms with van der Waals surface area (Å²) in [5, 5.41) is 0. The minimum absolute atomic E-state index is 0.194. The molecular weight excluding hydrogens is 592 g/mol. The average Bonchev–Trinajstić information content (AvgIpc) is 3.08. The van der Waals surface area contributed by atoms with E-state index in [0.29, 0.717) is 70.3 Å². The normalized spacial score (nSPS) is 10.1. The van der Waals surface area contributed by atoms with E-state index in [-0.39, 0.29) is 11.1 Å². The van der Waals surface area contributed by atoms with Gasteiger partial charge >= 0.3 is 11.9 Å². The maximum absolute atomic E-state index is 12.9. The van der Waals surface area contributed by atoms with E-state index in [1.54, 1.807) is 60.7 Å². The van der Waals surface area contributed by atoms with Crippen LogP contribution in [0.25, 0.3) is 0 Å². The summed E-state index contributed by atoms with van der Waals surface area (Å²) in [4.78, 5) is 25.9. The van der Waals surface area contributed by atoms with Crippen molar-refractivity contribution in [3.8, 4) is 57.8 Å². The maximum atomic E-state index is 12.9. The van der Waals surface area contributed by atoms with Gasteiger partial charge in [0, 0.05) is 35.4 Å². The summed E-state index contributed by atoms with van der Waals surface area (Å²) in [5.41, 5.74) is 1.79. The lowest BCUT2D eigenvalue weighted by Gasteiger charge is -2.14. The molecule has 0 aliphatic carbocycles. The highest BCUT2D eigenvalue weighted by molar-refractivity contribution is 5.95. The minimum atomic E-state index is -0.613. The van der Waals surface area contributed by atoms with Crippen LogP contribution in [-0.4, -0.2) is 53.6 Å². The number of hydrogen-bond donors (Lipinski definition) is 0. The van der Waals surface area contributed by atoms with Crippen LogP contribution in [-0.2, 0) is 0 Å². The zero-order valence-electron chi connectivity index (χ0n) is 26.4. The fourth-order valence-corrected chi connectivity index (χ4v) is 4.28. The van der Waals surface area contributed by atoms with Gasteiger partial charge in [-0.25, -0.2) is 9.59 Å². The quantitative estimate of drug-likeness (QED) is 0.100. The number of carbonyl (C=O) groups is 2. The Labute approximate surface area is 267 Å². The van der Waals surface area contributed by atoms with Crippen LogP contribution in [0.3, 0.4) is 0 Å². The lowest BCUT2D eigenvalue weighted by Crippen LogP contribution is -2.11. The molecule has 0 saturated carbocycles. The summed E-state index contributed by atoms with van der Waals surface area (Å²) in [6, 6.07) is 19.7. The zero-order valence-corrected chi connectivity index (χ0v) is 26.4. The third-order valence-corrected chi connectivity index (χ3v) is 6.49. The van der Waals surface area contributed by atoms with Crippen molar-refractivity contribution in [3.63, 3.8) is 0 Å². The Kier molecular flexibility index (Phi) is 11.3. The molecule has 0 bridgehead atoms. The number of ether oxygens (including phenoxy) is 8. The molecule has 0 radical (unpaired) electrons. The first-order chi connectivity index (χ1) is 22.3. The molecule has 0 aliphatic heterocycles. The predicted molar refractivity (Wildman–Crippen MR) is 170 cm³/mol. The van der Waals surface area contributed by atoms with Gasteiger partial charge in [0.2, 0.25) is 0 Å². The molecule has 238 valence electrons.